The molecule has 106 valence electrons. The van der Waals surface area contributed by atoms with E-state index in [2.05, 4.69) is 44.4 Å². The lowest BCUT2D eigenvalue weighted by Crippen LogP contribution is -2.43. The Kier molecular flexibility index (Phi) is 4.83. The van der Waals surface area contributed by atoms with Gasteiger partial charge in [-0.2, -0.15) is 0 Å². The molecule has 0 amide bonds. The minimum Gasteiger partial charge on any atom is -0.493 e. The molecule has 1 aromatic carbocycles. The van der Waals surface area contributed by atoms with Crippen LogP contribution >= 0.6 is 0 Å². The average molecular weight is 262 g/mol. The number of nitrogens with two attached hydrogens (primary N) is 1. The van der Waals surface area contributed by atoms with Gasteiger partial charge in [-0.15, -0.1) is 0 Å². The Morgan fingerprint density at radius 3 is 2.74 bits per heavy atom. The van der Waals surface area contributed by atoms with Crippen LogP contribution in [0, 0.1) is 11.8 Å². The fourth-order valence-corrected chi connectivity index (χ4v) is 2.87. The van der Waals surface area contributed by atoms with E-state index in [1.54, 1.807) is 0 Å². The van der Waals surface area contributed by atoms with Gasteiger partial charge in [-0.1, -0.05) is 39.0 Å². The van der Waals surface area contributed by atoms with Crippen LogP contribution in [-0.2, 0) is 0 Å². The minimum absolute atomic E-state index is 0.358. The highest BCUT2D eigenvalue weighted by Gasteiger charge is 2.27. The van der Waals surface area contributed by atoms with Crippen LogP contribution in [0.4, 0.5) is 0 Å². The molecular weight excluding hydrogens is 236 g/mol. The van der Waals surface area contributed by atoms with E-state index in [0.29, 0.717) is 23.8 Å². The van der Waals surface area contributed by atoms with Crippen LogP contribution in [0.15, 0.2) is 24.3 Å². The first-order valence-corrected chi connectivity index (χ1v) is 7.31. The van der Waals surface area contributed by atoms with E-state index in [-0.39, 0.29) is 0 Å². The number of rotatable bonds is 5. The molecule has 1 aliphatic heterocycles. The quantitative estimate of drug-likeness (QED) is 0.633. The van der Waals surface area contributed by atoms with Gasteiger partial charge in [0.25, 0.3) is 0 Å². The van der Waals surface area contributed by atoms with Gasteiger partial charge in [-0.05, 0) is 42.2 Å². The van der Waals surface area contributed by atoms with Crippen molar-refractivity contribution in [3.05, 3.63) is 29.8 Å². The first kappa shape index (κ1) is 14.4. The zero-order valence-corrected chi connectivity index (χ0v) is 12.2. The summed E-state index contributed by atoms with van der Waals surface area (Å²) < 4.78 is 5.73. The molecule has 3 atom stereocenters. The first-order chi connectivity index (χ1) is 9.13. The number of hydrogen-bond acceptors (Lipinski definition) is 3. The molecule has 0 aromatic heterocycles. The summed E-state index contributed by atoms with van der Waals surface area (Å²) in [6, 6.07) is 8.75. The molecule has 3 nitrogen and oxygen atoms in total. The molecular formula is C16H26N2O. The summed E-state index contributed by atoms with van der Waals surface area (Å²) in [6.45, 7) is 7.61. The van der Waals surface area contributed by atoms with Gasteiger partial charge < -0.3 is 4.74 Å². The van der Waals surface area contributed by atoms with E-state index in [0.717, 1.165) is 25.2 Å². The Morgan fingerprint density at radius 1 is 1.32 bits per heavy atom. The van der Waals surface area contributed by atoms with Crippen LogP contribution in [0.1, 0.15) is 45.1 Å². The summed E-state index contributed by atoms with van der Waals surface area (Å²) in [5.74, 6) is 8.57. The normalized spacial score (nSPS) is 21.6. The molecule has 1 heterocycles. The Hall–Kier alpha value is -1.06. The summed E-state index contributed by atoms with van der Waals surface area (Å²) in [5, 5.41) is 0. The number of benzene rings is 1. The number of ether oxygens (including phenoxy) is 1. The van der Waals surface area contributed by atoms with Gasteiger partial charge in [-0.3, -0.25) is 11.3 Å². The second-order valence-electron chi connectivity index (χ2n) is 5.98. The van der Waals surface area contributed by atoms with Crippen molar-refractivity contribution in [3.8, 4) is 5.75 Å². The summed E-state index contributed by atoms with van der Waals surface area (Å²) in [6.07, 6.45) is 2.16. The van der Waals surface area contributed by atoms with Crippen molar-refractivity contribution in [2.45, 2.75) is 45.6 Å². The molecule has 0 spiro atoms. The highest BCUT2D eigenvalue weighted by molar-refractivity contribution is 5.37. The standard InChI is InChI=1S/C16H26N2O/c1-11(2)12(3)15(18-17)10-13-8-9-19-16-7-5-4-6-14(13)16/h4-7,11-13,15,18H,8-10,17H2,1-3H3. The van der Waals surface area contributed by atoms with Crippen molar-refractivity contribution in [1.82, 2.24) is 5.43 Å². The van der Waals surface area contributed by atoms with Crippen LogP contribution in [0.25, 0.3) is 0 Å². The number of fused-ring (bicyclic) bond motifs is 1. The smallest absolute Gasteiger partial charge is 0.122 e. The van der Waals surface area contributed by atoms with Crippen molar-refractivity contribution in [3.63, 3.8) is 0 Å². The Bertz CT molecular complexity index is 405. The minimum atomic E-state index is 0.358. The molecule has 0 bridgehead atoms. The van der Waals surface area contributed by atoms with Crippen molar-refractivity contribution < 1.29 is 4.74 Å². The van der Waals surface area contributed by atoms with E-state index >= 15 is 0 Å². The lowest BCUT2D eigenvalue weighted by molar-refractivity contribution is 0.228. The molecule has 1 aliphatic rings. The van der Waals surface area contributed by atoms with Gasteiger partial charge in [0.05, 0.1) is 6.61 Å². The molecule has 0 radical (unpaired) electrons. The number of hydrogen-bond donors (Lipinski definition) is 2. The third-order valence-electron chi connectivity index (χ3n) is 4.52. The van der Waals surface area contributed by atoms with E-state index < -0.39 is 0 Å². The van der Waals surface area contributed by atoms with Gasteiger partial charge >= 0.3 is 0 Å². The van der Waals surface area contributed by atoms with Gasteiger partial charge in [0, 0.05) is 6.04 Å². The van der Waals surface area contributed by atoms with Crippen molar-refractivity contribution in [2.75, 3.05) is 6.61 Å². The van der Waals surface area contributed by atoms with Crippen LogP contribution < -0.4 is 16.0 Å². The fourth-order valence-electron chi connectivity index (χ4n) is 2.87. The highest BCUT2D eigenvalue weighted by Crippen LogP contribution is 2.37. The van der Waals surface area contributed by atoms with Gasteiger partial charge in [-0.25, -0.2) is 0 Å². The lowest BCUT2D eigenvalue weighted by atomic mass is 9.81. The van der Waals surface area contributed by atoms with Crippen molar-refractivity contribution in [1.29, 1.82) is 0 Å². The zero-order valence-electron chi connectivity index (χ0n) is 12.2. The first-order valence-electron chi connectivity index (χ1n) is 7.31. The Labute approximate surface area is 116 Å². The van der Waals surface area contributed by atoms with Gasteiger partial charge in [0.15, 0.2) is 0 Å². The van der Waals surface area contributed by atoms with Crippen LogP contribution in [-0.4, -0.2) is 12.6 Å². The fraction of sp³-hybridized carbons (Fsp3) is 0.625. The van der Waals surface area contributed by atoms with Crippen LogP contribution in [0.2, 0.25) is 0 Å². The second-order valence-corrected chi connectivity index (χ2v) is 5.98. The van der Waals surface area contributed by atoms with Gasteiger partial charge in [0.2, 0.25) is 0 Å². The number of nitrogens with one attached hydrogen (secondary N) is 1. The lowest BCUT2D eigenvalue weighted by Gasteiger charge is -2.32. The third-order valence-corrected chi connectivity index (χ3v) is 4.52. The highest BCUT2D eigenvalue weighted by atomic mass is 16.5. The van der Waals surface area contributed by atoms with E-state index in [1.807, 2.05) is 6.07 Å². The molecule has 0 saturated heterocycles. The number of para-hydroxylation sites is 1. The average Bonchev–Trinajstić information content (AvgIpc) is 2.44. The topological polar surface area (TPSA) is 47.3 Å². The zero-order chi connectivity index (χ0) is 13.8. The second kappa shape index (κ2) is 6.40. The molecule has 3 N–H and O–H groups in total. The van der Waals surface area contributed by atoms with E-state index in [1.165, 1.54) is 5.56 Å². The largest absolute Gasteiger partial charge is 0.493 e. The monoisotopic (exact) mass is 262 g/mol. The molecule has 0 saturated carbocycles. The SMILES string of the molecule is CC(C)C(C)C(CC1CCOc2ccccc21)NN. The van der Waals surface area contributed by atoms with E-state index in [4.69, 9.17) is 10.6 Å². The summed E-state index contributed by atoms with van der Waals surface area (Å²) >= 11 is 0. The third kappa shape index (κ3) is 3.28. The predicted molar refractivity (Wildman–Crippen MR) is 79.0 cm³/mol. The van der Waals surface area contributed by atoms with E-state index in [9.17, 15) is 0 Å². The number of hydrazine groups is 1. The maximum absolute atomic E-state index is 5.77. The van der Waals surface area contributed by atoms with Crippen molar-refractivity contribution >= 4 is 0 Å². The maximum atomic E-state index is 5.77. The predicted octanol–water partition coefficient (Wildman–Crippen LogP) is 3.07. The summed E-state index contributed by atoms with van der Waals surface area (Å²) in [5.41, 5.74) is 4.36. The molecule has 1 aromatic rings. The van der Waals surface area contributed by atoms with Crippen molar-refractivity contribution in [2.24, 2.45) is 17.7 Å². The molecule has 2 rings (SSSR count). The molecule has 0 aliphatic carbocycles. The summed E-state index contributed by atoms with van der Waals surface area (Å²) in [4.78, 5) is 0. The molecule has 0 fully saturated rings. The molecule has 3 unspecified atom stereocenters. The Morgan fingerprint density at radius 2 is 2.05 bits per heavy atom. The molecule has 3 heteroatoms. The maximum Gasteiger partial charge on any atom is 0.122 e. The summed E-state index contributed by atoms with van der Waals surface area (Å²) in [7, 11) is 0. The van der Waals surface area contributed by atoms with Crippen LogP contribution in [0.3, 0.4) is 0 Å². The van der Waals surface area contributed by atoms with Gasteiger partial charge in [0.1, 0.15) is 5.75 Å². The van der Waals surface area contributed by atoms with Crippen LogP contribution in [0.5, 0.6) is 5.75 Å². The molecule has 19 heavy (non-hydrogen) atoms. The Balaban J connectivity index is 2.11.